The number of hydrogen-bond donors (Lipinski definition) is 0. The zero-order chi connectivity index (χ0) is 22.6. The van der Waals surface area contributed by atoms with Gasteiger partial charge in [-0.3, -0.25) is 0 Å². The molecule has 0 unspecified atom stereocenters. The first kappa shape index (κ1) is 20.0. The van der Waals surface area contributed by atoms with Gasteiger partial charge in [-0.25, -0.2) is 4.98 Å². The maximum absolute atomic E-state index is 6.03. The number of pyridine rings is 1. The standard InChI is InChI=1S/C30H25NOSi/c1-33(2,3)30-19-27(22-14-16-29-24(18-22)23-11-7-8-12-28(23)32-29)31-26-15-13-21(17-25(26)30)20-9-5-4-6-10-20/h4-19H,1-3H3. The van der Waals surface area contributed by atoms with E-state index >= 15 is 0 Å². The van der Waals surface area contributed by atoms with E-state index in [2.05, 4.69) is 105 Å². The zero-order valence-electron chi connectivity index (χ0n) is 19.1. The lowest BCUT2D eigenvalue weighted by molar-refractivity contribution is 0.669. The minimum Gasteiger partial charge on any atom is -0.456 e. The van der Waals surface area contributed by atoms with Gasteiger partial charge in [0.2, 0.25) is 0 Å². The molecule has 0 bridgehead atoms. The van der Waals surface area contributed by atoms with Crippen molar-refractivity contribution in [1.82, 2.24) is 4.98 Å². The first-order valence-electron chi connectivity index (χ1n) is 11.4. The van der Waals surface area contributed by atoms with Gasteiger partial charge in [0.25, 0.3) is 0 Å². The van der Waals surface area contributed by atoms with Crippen LogP contribution >= 0.6 is 0 Å². The first-order chi connectivity index (χ1) is 16.0. The van der Waals surface area contributed by atoms with E-state index in [9.17, 15) is 0 Å². The van der Waals surface area contributed by atoms with Gasteiger partial charge in [0, 0.05) is 21.7 Å². The minimum atomic E-state index is -1.63. The van der Waals surface area contributed by atoms with Crippen LogP contribution in [-0.4, -0.2) is 13.1 Å². The molecule has 0 atom stereocenters. The van der Waals surface area contributed by atoms with Gasteiger partial charge < -0.3 is 4.42 Å². The van der Waals surface area contributed by atoms with Gasteiger partial charge in [0.15, 0.2) is 0 Å². The molecular formula is C30H25NOSi. The summed E-state index contributed by atoms with van der Waals surface area (Å²) in [6, 6.07) is 34.2. The van der Waals surface area contributed by atoms with Crippen molar-refractivity contribution in [2.45, 2.75) is 19.6 Å². The lowest BCUT2D eigenvalue weighted by Gasteiger charge is -2.21. The van der Waals surface area contributed by atoms with Crippen LogP contribution in [0.25, 0.3) is 55.2 Å². The Balaban J connectivity index is 1.57. The third-order valence-electron chi connectivity index (χ3n) is 6.40. The summed E-state index contributed by atoms with van der Waals surface area (Å²) in [6.07, 6.45) is 0. The Hall–Kier alpha value is -3.69. The van der Waals surface area contributed by atoms with Crippen molar-refractivity contribution in [3.63, 3.8) is 0 Å². The van der Waals surface area contributed by atoms with E-state index < -0.39 is 8.07 Å². The molecule has 160 valence electrons. The topological polar surface area (TPSA) is 26.0 Å². The number of para-hydroxylation sites is 1. The van der Waals surface area contributed by atoms with Crippen LogP contribution in [0.4, 0.5) is 0 Å². The van der Waals surface area contributed by atoms with E-state index in [1.807, 2.05) is 12.1 Å². The molecule has 0 aliphatic rings. The molecule has 3 heteroatoms. The molecule has 33 heavy (non-hydrogen) atoms. The third kappa shape index (κ3) is 3.45. The van der Waals surface area contributed by atoms with E-state index in [1.165, 1.54) is 21.7 Å². The second-order valence-electron chi connectivity index (χ2n) is 9.71. The number of hydrogen-bond acceptors (Lipinski definition) is 2. The van der Waals surface area contributed by atoms with Gasteiger partial charge in [-0.2, -0.15) is 0 Å². The molecule has 0 spiro atoms. The Bertz CT molecular complexity index is 1640. The normalized spacial score (nSPS) is 12.1. The van der Waals surface area contributed by atoms with Crippen molar-refractivity contribution in [1.29, 1.82) is 0 Å². The average Bonchev–Trinajstić information content (AvgIpc) is 3.21. The van der Waals surface area contributed by atoms with Gasteiger partial charge in [0.1, 0.15) is 11.2 Å². The maximum Gasteiger partial charge on any atom is 0.135 e. The quantitative estimate of drug-likeness (QED) is 0.259. The molecule has 0 amide bonds. The predicted molar refractivity (Wildman–Crippen MR) is 143 cm³/mol. The molecule has 6 aromatic rings. The fraction of sp³-hybridized carbons (Fsp3) is 0.100. The second kappa shape index (κ2) is 7.43. The number of fused-ring (bicyclic) bond motifs is 4. The highest BCUT2D eigenvalue weighted by Gasteiger charge is 2.22. The van der Waals surface area contributed by atoms with Crippen LogP contribution in [-0.2, 0) is 0 Å². The summed E-state index contributed by atoms with van der Waals surface area (Å²) in [7, 11) is -1.63. The summed E-state index contributed by atoms with van der Waals surface area (Å²) in [5.41, 5.74) is 7.53. The smallest absolute Gasteiger partial charge is 0.135 e. The number of aromatic nitrogens is 1. The molecule has 6 rings (SSSR count). The van der Waals surface area contributed by atoms with E-state index in [4.69, 9.17) is 9.40 Å². The Morgan fingerprint density at radius 2 is 1.27 bits per heavy atom. The highest BCUT2D eigenvalue weighted by molar-refractivity contribution is 6.90. The zero-order valence-corrected chi connectivity index (χ0v) is 20.1. The first-order valence-corrected chi connectivity index (χ1v) is 14.9. The highest BCUT2D eigenvalue weighted by atomic mass is 28.3. The monoisotopic (exact) mass is 443 g/mol. The van der Waals surface area contributed by atoms with Gasteiger partial charge in [-0.1, -0.05) is 74.2 Å². The molecule has 2 nitrogen and oxygen atoms in total. The molecule has 0 aliphatic heterocycles. The molecule has 0 radical (unpaired) electrons. The summed E-state index contributed by atoms with van der Waals surface area (Å²) >= 11 is 0. The Labute approximate surface area is 194 Å². The van der Waals surface area contributed by atoms with Crippen LogP contribution in [0, 0.1) is 0 Å². The van der Waals surface area contributed by atoms with Crippen molar-refractivity contribution in [3.8, 4) is 22.4 Å². The van der Waals surface area contributed by atoms with Crippen LogP contribution in [0.1, 0.15) is 0 Å². The van der Waals surface area contributed by atoms with E-state index in [0.29, 0.717) is 0 Å². The van der Waals surface area contributed by atoms with Gasteiger partial charge in [-0.05, 0) is 58.8 Å². The van der Waals surface area contributed by atoms with Crippen molar-refractivity contribution >= 4 is 46.1 Å². The molecule has 0 saturated carbocycles. The molecule has 0 N–H and O–H groups in total. The van der Waals surface area contributed by atoms with E-state index in [1.54, 1.807) is 0 Å². The van der Waals surface area contributed by atoms with Gasteiger partial charge in [0.05, 0.1) is 19.3 Å². The van der Waals surface area contributed by atoms with Crippen LogP contribution in [0.2, 0.25) is 19.6 Å². The third-order valence-corrected chi connectivity index (χ3v) is 8.43. The lowest BCUT2D eigenvalue weighted by Crippen LogP contribution is -2.38. The second-order valence-corrected chi connectivity index (χ2v) is 14.8. The predicted octanol–water partition coefficient (Wildman–Crippen LogP) is 8.01. The van der Waals surface area contributed by atoms with Crippen LogP contribution in [0.3, 0.4) is 0 Å². The molecule has 0 fully saturated rings. The maximum atomic E-state index is 6.03. The number of nitrogens with zero attached hydrogens (tertiary/aromatic N) is 1. The van der Waals surface area contributed by atoms with Gasteiger partial charge in [-0.15, -0.1) is 0 Å². The summed E-state index contributed by atoms with van der Waals surface area (Å²) in [6.45, 7) is 7.23. The molecular weight excluding hydrogens is 418 g/mol. The molecule has 0 aliphatic carbocycles. The summed E-state index contributed by atoms with van der Waals surface area (Å²) in [5.74, 6) is 0. The summed E-state index contributed by atoms with van der Waals surface area (Å²) in [4.78, 5) is 5.12. The summed E-state index contributed by atoms with van der Waals surface area (Å²) in [5, 5.41) is 5.00. The number of rotatable bonds is 3. The van der Waals surface area contributed by atoms with Crippen LogP contribution in [0.15, 0.2) is 101 Å². The highest BCUT2D eigenvalue weighted by Crippen LogP contribution is 2.33. The number of furan rings is 1. The fourth-order valence-corrected chi connectivity index (χ4v) is 6.27. The Kier molecular flexibility index (Phi) is 4.49. The lowest BCUT2D eigenvalue weighted by atomic mass is 10.0. The molecule has 2 aromatic heterocycles. The Morgan fingerprint density at radius 3 is 2.09 bits per heavy atom. The Morgan fingerprint density at radius 1 is 0.576 bits per heavy atom. The average molecular weight is 444 g/mol. The van der Waals surface area contributed by atoms with Crippen LogP contribution < -0.4 is 5.19 Å². The molecule has 2 heterocycles. The molecule has 0 saturated heterocycles. The van der Waals surface area contributed by atoms with Crippen LogP contribution in [0.5, 0.6) is 0 Å². The largest absolute Gasteiger partial charge is 0.456 e. The van der Waals surface area contributed by atoms with Crippen molar-refractivity contribution in [3.05, 3.63) is 97.1 Å². The van der Waals surface area contributed by atoms with Crippen molar-refractivity contribution in [2.75, 3.05) is 0 Å². The minimum absolute atomic E-state index is 0.915. The summed E-state index contributed by atoms with van der Waals surface area (Å²) < 4.78 is 6.03. The number of benzene rings is 4. The van der Waals surface area contributed by atoms with Gasteiger partial charge >= 0.3 is 0 Å². The van der Waals surface area contributed by atoms with Crippen molar-refractivity contribution < 1.29 is 4.42 Å². The fourth-order valence-electron chi connectivity index (χ4n) is 4.69. The van der Waals surface area contributed by atoms with Crippen molar-refractivity contribution in [2.24, 2.45) is 0 Å². The SMILES string of the molecule is C[Si](C)(C)c1cc(-c2ccc3oc4ccccc4c3c2)nc2ccc(-c3ccccc3)cc12. The molecule has 4 aromatic carbocycles. The van der Waals surface area contributed by atoms with E-state index in [-0.39, 0.29) is 0 Å². The van der Waals surface area contributed by atoms with E-state index in [0.717, 1.165) is 38.7 Å².